The first-order valence-corrected chi connectivity index (χ1v) is 7.94. The summed E-state index contributed by atoms with van der Waals surface area (Å²) < 4.78 is 0. The summed E-state index contributed by atoms with van der Waals surface area (Å²) in [6, 6.07) is 3.14. The fraction of sp³-hybridized carbons (Fsp3) is 0.500. The van der Waals surface area contributed by atoms with E-state index in [9.17, 15) is 9.59 Å². The monoisotopic (exact) mass is 309 g/mol. The van der Waals surface area contributed by atoms with Gasteiger partial charge in [-0.05, 0) is 26.0 Å². The Morgan fingerprint density at radius 1 is 1.48 bits per heavy atom. The van der Waals surface area contributed by atoms with Crippen LogP contribution in [0.3, 0.4) is 0 Å². The molecule has 2 N–H and O–H groups in total. The fourth-order valence-electron chi connectivity index (χ4n) is 2.30. The SMILES string of the molecule is Cc1ccc(NC(=O)N2CCSCC2CC(=O)O)c(C)n1. The van der Waals surface area contributed by atoms with E-state index >= 15 is 0 Å². The quantitative estimate of drug-likeness (QED) is 0.893. The summed E-state index contributed by atoms with van der Waals surface area (Å²) in [5.74, 6) is 0.605. The summed E-state index contributed by atoms with van der Waals surface area (Å²) >= 11 is 1.68. The van der Waals surface area contributed by atoms with Gasteiger partial charge in [0.1, 0.15) is 0 Å². The summed E-state index contributed by atoms with van der Waals surface area (Å²) in [4.78, 5) is 29.2. The number of thioether (sulfide) groups is 1. The highest BCUT2D eigenvalue weighted by molar-refractivity contribution is 7.99. The number of amides is 2. The van der Waals surface area contributed by atoms with Gasteiger partial charge in [-0.15, -0.1) is 0 Å². The highest BCUT2D eigenvalue weighted by Gasteiger charge is 2.29. The van der Waals surface area contributed by atoms with Crippen molar-refractivity contribution in [2.24, 2.45) is 0 Å². The third-order valence-electron chi connectivity index (χ3n) is 3.37. The fourth-order valence-corrected chi connectivity index (χ4v) is 3.36. The minimum Gasteiger partial charge on any atom is -0.481 e. The van der Waals surface area contributed by atoms with Crippen molar-refractivity contribution in [1.82, 2.24) is 9.88 Å². The van der Waals surface area contributed by atoms with Gasteiger partial charge in [-0.3, -0.25) is 9.78 Å². The van der Waals surface area contributed by atoms with Crippen molar-refractivity contribution in [2.75, 3.05) is 23.4 Å². The smallest absolute Gasteiger partial charge is 0.322 e. The predicted molar refractivity (Wildman–Crippen MR) is 82.8 cm³/mol. The molecule has 1 saturated heterocycles. The summed E-state index contributed by atoms with van der Waals surface area (Å²) in [7, 11) is 0. The van der Waals surface area contributed by atoms with Crippen LogP contribution in [-0.4, -0.2) is 51.1 Å². The predicted octanol–water partition coefficient (Wildman–Crippen LogP) is 2.12. The average Bonchev–Trinajstić information content (AvgIpc) is 2.42. The molecule has 2 heterocycles. The number of carbonyl (C=O) groups is 2. The number of pyridine rings is 1. The topological polar surface area (TPSA) is 82.5 Å². The summed E-state index contributed by atoms with van der Waals surface area (Å²) in [6.07, 6.45) is -0.0223. The molecule has 1 atom stereocenters. The summed E-state index contributed by atoms with van der Waals surface area (Å²) in [6.45, 7) is 4.29. The second kappa shape index (κ2) is 6.80. The number of aromatic nitrogens is 1. The van der Waals surface area contributed by atoms with Crippen LogP contribution in [0, 0.1) is 13.8 Å². The van der Waals surface area contributed by atoms with E-state index in [1.807, 2.05) is 26.0 Å². The van der Waals surface area contributed by atoms with E-state index in [4.69, 9.17) is 5.11 Å². The minimum absolute atomic E-state index is 0.0223. The molecule has 21 heavy (non-hydrogen) atoms. The van der Waals surface area contributed by atoms with Gasteiger partial charge >= 0.3 is 12.0 Å². The molecule has 2 rings (SSSR count). The zero-order chi connectivity index (χ0) is 15.4. The normalized spacial score (nSPS) is 18.4. The lowest BCUT2D eigenvalue weighted by atomic mass is 10.2. The van der Waals surface area contributed by atoms with Crippen molar-refractivity contribution in [3.8, 4) is 0 Å². The zero-order valence-corrected chi connectivity index (χ0v) is 12.9. The average molecular weight is 309 g/mol. The Hall–Kier alpha value is -1.76. The Morgan fingerprint density at radius 3 is 2.90 bits per heavy atom. The third-order valence-corrected chi connectivity index (χ3v) is 4.46. The number of aliphatic carboxylic acids is 1. The summed E-state index contributed by atoms with van der Waals surface area (Å²) in [5, 5.41) is 11.8. The molecule has 0 saturated carbocycles. The molecule has 0 spiro atoms. The van der Waals surface area contributed by atoms with Gasteiger partial charge in [-0.2, -0.15) is 11.8 Å². The largest absolute Gasteiger partial charge is 0.481 e. The van der Waals surface area contributed by atoms with Crippen LogP contribution >= 0.6 is 11.8 Å². The van der Waals surface area contributed by atoms with Crippen LogP contribution in [0.5, 0.6) is 0 Å². The number of nitrogens with one attached hydrogen (secondary N) is 1. The van der Waals surface area contributed by atoms with E-state index in [0.29, 0.717) is 18.0 Å². The van der Waals surface area contributed by atoms with Crippen molar-refractivity contribution in [2.45, 2.75) is 26.3 Å². The van der Waals surface area contributed by atoms with Gasteiger partial charge in [-0.25, -0.2) is 4.79 Å². The lowest BCUT2D eigenvalue weighted by molar-refractivity contribution is -0.137. The maximum atomic E-state index is 12.4. The third kappa shape index (κ3) is 4.10. The number of anilines is 1. The molecule has 0 bridgehead atoms. The van der Waals surface area contributed by atoms with E-state index in [1.54, 1.807) is 16.7 Å². The molecule has 1 aromatic rings. The molecule has 6 nitrogen and oxygen atoms in total. The number of hydrogen-bond acceptors (Lipinski definition) is 4. The Kier molecular flexibility index (Phi) is 5.06. The molecule has 7 heteroatoms. The Bertz CT molecular complexity index is 550. The molecule has 0 aliphatic carbocycles. The van der Waals surface area contributed by atoms with E-state index in [-0.39, 0.29) is 18.5 Å². The Morgan fingerprint density at radius 2 is 2.24 bits per heavy atom. The molecule has 1 aliphatic rings. The molecular formula is C14H19N3O3S. The Balaban J connectivity index is 2.08. The van der Waals surface area contributed by atoms with Crippen LogP contribution in [0.25, 0.3) is 0 Å². The number of nitrogens with zero attached hydrogens (tertiary/aromatic N) is 2. The standard InChI is InChI=1S/C14H19N3O3S/c1-9-3-4-12(10(2)15-9)16-14(20)17-5-6-21-8-11(17)7-13(18)19/h3-4,11H,5-8H2,1-2H3,(H,16,20)(H,18,19). The summed E-state index contributed by atoms with van der Waals surface area (Å²) in [5.41, 5.74) is 2.31. The van der Waals surface area contributed by atoms with E-state index in [2.05, 4.69) is 10.3 Å². The van der Waals surface area contributed by atoms with E-state index in [0.717, 1.165) is 17.1 Å². The molecule has 0 aromatic carbocycles. The van der Waals surface area contributed by atoms with Gasteiger partial charge in [0.05, 0.1) is 23.8 Å². The second-order valence-corrected chi connectivity index (χ2v) is 6.19. The van der Waals surface area contributed by atoms with Gasteiger partial charge in [0.2, 0.25) is 0 Å². The molecule has 2 amide bonds. The van der Waals surface area contributed by atoms with Crippen LogP contribution in [0.15, 0.2) is 12.1 Å². The number of carboxylic acids is 1. The van der Waals surface area contributed by atoms with Crippen molar-refractivity contribution < 1.29 is 14.7 Å². The number of aryl methyl sites for hydroxylation is 2. The first-order chi connectivity index (χ1) is 9.97. The van der Waals surface area contributed by atoms with Crippen LogP contribution in [-0.2, 0) is 4.79 Å². The van der Waals surface area contributed by atoms with Gasteiger partial charge in [0.15, 0.2) is 0 Å². The maximum Gasteiger partial charge on any atom is 0.322 e. The number of urea groups is 1. The van der Waals surface area contributed by atoms with Crippen LogP contribution < -0.4 is 5.32 Å². The first-order valence-electron chi connectivity index (χ1n) is 6.79. The van der Waals surface area contributed by atoms with Gasteiger partial charge in [0.25, 0.3) is 0 Å². The minimum atomic E-state index is -0.881. The Labute approximate surface area is 127 Å². The highest BCUT2D eigenvalue weighted by atomic mass is 32.2. The molecule has 1 unspecified atom stereocenters. The zero-order valence-electron chi connectivity index (χ0n) is 12.1. The van der Waals surface area contributed by atoms with Crippen molar-refractivity contribution in [1.29, 1.82) is 0 Å². The molecule has 1 aliphatic heterocycles. The van der Waals surface area contributed by atoms with E-state index in [1.165, 1.54) is 0 Å². The van der Waals surface area contributed by atoms with Crippen molar-refractivity contribution >= 4 is 29.4 Å². The first kappa shape index (κ1) is 15.6. The number of rotatable bonds is 3. The van der Waals surface area contributed by atoms with Gasteiger partial charge < -0.3 is 15.3 Å². The van der Waals surface area contributed by atoms with Crippen LogP contribution in [0.4, 0.5) is 10.5 Å². The second-order valence-electron chi connectivity index (χ2n) is 5.04. The van der Waals surface area contributed by atoms with Crippen molar-refractivity contribution in [3.63, 3.8) is 0 Å². The van der Waals surface area contributed by atoms with Gasteiger partial charge in [-0.1, -0.05) is 0 Å². The maximum absolute atomic E-state index is 12.4. The van der Waals surface area contributed by atoms with E-state index < -0.39 is 5.97 Å². The lowest BCUT2D eigenvalue weighted by Gasteiger charge is -2.34. The molecular weight excluding hydrogens is 290 g/mol. The van der Waals surface area contributed by atoms with Crippen LogP contribution in [0.2, 0.25) is 0 Å². The highest BCUT2D eigenvalue weighted by Crippen LogP contribution is 2.21. The van der Waals surface area contributed by atoms with Gasteiger partial charge in [0, 0.05) is 23.7 Å². The number of carbonyl (C=O) groups excluding carboxylic acids is 1. The molecule has 1 aromatic heterocycles. The molecule has 0 radical (unpaired) electrons. The number of carboxylic acid groups (broad SMARTS) is 1. The lowest BCUT2D eigenvalue weighted by Crippen LogP contribution is -2.49. The molecule has 114 valence electrons. The molecule has 1 fully saturated rings. The number of hydrogen-bond donors (Lipinski definition) is 2. The van der Waals surface area contributed by atoms with Crippen molar-refractivity contribution in [3.05, 3.63) is 23.5 Å². The van der Waals surface area contributed by atoms with Crippen LogP contribution in [0.1, 0.15) is 17.8 Å².